The minimum atomic E-state index is -0.627. The molecule has 1 saturated heterocycles. The summed E-state index contributed by atoms with van der Waals surface area (Å²) in [4.78, 5) is 0. The molecular formula is C14H24N2O2. The summed E-state index contributed by atoms with van der Waals surface area (Å²) in [6, 6.07) is 2.11. The van der Waals surface area contributed by atoms with Crippen molar-refractivity contribution in [2.45, 2.75) is 57.7 Å². The van der Waals surface area contributed by atoms with Crippen LogP contribution in [0.3, 0.4) is 0 Å². The Bertz CT molecular complexity index is 402. The smallest absolute Gasteiger partial charge is 0.0749 e. The molecule has 1 N–H and O–H groups in total. The second-order valence-corrected chi connectivity index (χ2v) is 5.36. The minimum Gasteiger partial charge on any atom is -0.389 e. The van der Waals surface area contributed by atoms with Crippen molar-refractivity contribution in [3.63, 3.8) is 0 Å². The Labute approximate surface area is 109 Å². The summed E-state index contributed by atoms with van der Waals surface area (Å²) in [5.41, 5.74) is 1.58. The molecule has 4 nitrogen and oxygen atoms in total. The average molecular weight is 252 g/mol. The maximum atomic E-state index is 10.7. The second kappa shape index (κ2) is 5.41. The molecule has 2 heterocycles. The van der Waals surface area contributed by atoms with Crippen LogP contribution in [0, 0.1) is 0 Å². The number of hydrogen-bond donors (Lipinski definition) is 1. The van der Waals surface area contributed by atoms with E-state index in [2.05, 4.69) is 25.0 Å². The van der Waals surface area contributed by atoms with Crippen LogP contribution in [-0.4, -0.2) is 33.2 Å². The van der Waals surface area contributed by atoms with Crippen LogP contribution >= 0.6 is 0 Å². The van der Waals surface area contributed by atoms with Crippen molar-refractivity contribution < 1.29 is 9.84 Å². The monoisotopic (exact) mass is 252 g/mol. The van der Waals surface area contributed by atoms with Crippen molar-refractivity contribution >= 4 is 0 Å². The van der Waals surface area contributed by atoms with Gasteiger partial charge < -0.3 is 9.84 Å². The van der Waals surface area contributed by atoms with E-state index in [1.807, 2.05) is 11.7 Å². The molecular weight excluding hydrogens is 228 g/mol. The van der Waals surface area contributed by atoms with Gasteiger partial charge in [0.05, 0.1) is 17.4 Å². The molecule has 0 spiro atoms. The van der Waals surface area contributed by atoms with Gasteiger partial charge in [-0.2, -0.15) is 5.10 Å². The highest BCUT2D eigenvalue weighted by molar-refractivity contribution is 5.13. The first-order valence-corrected chi connectivity index (χ1v) is 6.92. The molecule has 0 aromatic carbocycles. The lowest BCUT2D eigenvalue weighted by molar-refractivity contribution is -0.104. The van der Waals surface area contributed by atoms with Gasteiger partial charge >= 0.3 is 0 Å². The molecule has 2 atom stereocenters. The summed E-state index contributed by atoms with van der Waals surface area (Å²) in [5.74, 6) is 0. The Kier molecular flexibility index (Phi) is 4.07. The molecule has 1 aromatic rings. The summed E-state index contributed by atoms with van der Waals surface area (Å²) >= 11 is 0. The van der Waals surface area contributed by atoms with Crippen LogP contribution in [0.15, 0.2) is 6.07 Å². The number of aryl methyl sites for hydroxylation is 2. The molecule has 0 radical (unpaired) electrons. The highest BCUT2D eigenvalue weighted by atomic mass is 16.5. The van der Waals surface area contributed by atoms with E-state index >= 15 is 0 Å². The molecule has 1 aliphatic heterocycles. The summed E-state index contributed by atoms with van der Waals surface area (Å²) in [5, 5.41) is 15.2. The van der Waals surface area contributed by atoms with Crippen molar-refractivity contribution in [2.75, 3.05) is 6.61 Å². The van der Waals surface area contributed by atoms with Gasteiger partial charge in [-0.05, 0) is 25.3 Å². The third-order valence-electron chi connectivity index (χ3n) is 3.88. The summed E-state index contributed by atoms with van der Waals surface area (Å²) in [6.07, 6.45) is 4.23. The van der Waals surface area contributed by atoms with Gasteiger partial charge in [0.1, 0.15) is 0 Å². The van der Waals surface area contributed by atoms with E-state index in [-0.39, 0.29) is 6.10 Å². The fourth-order valence-electron chi connectivity index (χ4n) is 2.67. The molecule has 4 heteroatoms. The normalized spacial score (nSPS) is 28.6. The molecule has 0 amide bonds. The van der Waals surface area contributed by atoms with E-state index in [1.165, 1.54) is 0 Å². The number of rotatable bonds is 4. The van der Waals surface area contributed by atoms with Crippen molar-refractivity contribution in [1.82, 2.24) is 9.78 Å². The maximum absolute atomic E-state index is 10.7. The van der Waals surface area contributed by atoms with Crippen molar-refractivity contribution in [2.24, 2.45) is 7.05 Å². The summed E-state index contributed by atoms with van der Waals surface area (Å²) in [6.45, 7) is 4.87. The maximum Gasteiger partial charge on any atom is 0.0749 e. The van der Waals surface area contributed by atoms with Gasteiger partial charge in [-0.1, -0.05) is 13.8 Å². The van der Waals surface area contributed by atoms with Gasteiger partial charge in [0.25, 0.3) is 0 Å². The van der Waals surface area contributed by atoms with Crippen LogP contribution in [0.1, 0.15) is 44.5 Å². The number of nitrogens with zero attached hydrogens (tertiary/aromatic N) is 2. The van der Waals surface area contributed by atoms with Crippen molar-refractivity contribution in [3.05, 3.63) is 17.5 Å². The van der Waals surface area contributed by atoms with Gasteiger partial charge in [-0.3, -0.25) is 4.68 Å². The molecule has 102 valence electrons. The van der Waals surface area contributed by atoms with Gasteiger partial charge in [0.2, 0.25) is 0 Å². The van der Waals surface area contributed by atoms with Gasteiger partial charge in [0.15, 0.2) is 0 Å². The van der Waals surface area contributed by atoms with E-state index in [0.29, 0.717) is 13.0 Å². The van der Waals surface area contributed by atoms with E-state index < -0.39 is 5.60 Å². The lowest BCUT2D eigenvalue weighted by Crippen LogP contribution is -2.42. The van der Waals surface area contributed by atoms with Gasteiger partial charge in [0, 0.05) is 32.2 Å². The average Bonchev–Trinajstić information content (AvgIpc) is 2.69. The van der Waals surface area contributed by atoms with Crippen molar-refractivity contribution in [1.29, 1.82) is 0 Å². The molecule has 0 saturated carbocycles. The van der Waals surface area contributed by atoms with Crippen LogP contribution in [0.25, 0.3) is 0 Å². The minimum absolute atomic E-state index is 0.197. The number of hydrogen-bond acceptors (Lipinski definition) is 3. The molecule has 2 unspecified atom stereocenters. The zero-order valence-corrected chi connectivity index (χ0v) is 11.6. The highest BCUT2D eigenvalue weighted by Crippen LogP contribution is 2.29. The van der Waals surface area contributed by atoms with E-state index in [4.69, 9.17) is 4.74 Å². The zero-order valence-electron chi connectivity index (χ0n) is 11.6. The first-order valence-electron chi connectivity index (χ1n) is 6.92. The SMILES string of the molecule is CCc1cc(CC2(O)CCOC(CC)C2)n(C)n1. The van der Waals surface area contributed by atoms with Crippen molar-refractivity contribution in [3.8, 4) is 0 Å². The Morgan fingerprint density at radius 3 is 2.94 bits per heavy atom. The van der Waals surface area contributed by atoms with E-state index in [9.17, 15) is 5.11 Å². The van der Waals surface area contributed by atoms with E-state index in [1.54, 1.807) is 0 Å². The van der Waals surface area contributed by atoms with Crippen LogP contribution in [0.5, 0.6) is 0 Å². The third kappa shape index (κ3) is 2.93. The predicted molar refractivity (Wildman–Crippen MR) is 70.5 cm³/mol. The molecule has 1 aliphatic rings. The topological polar surface area (TPSA) is 47.3 Å². The first-order chi connectivity index (χ1) is 8.56. The van der Waals surface area contributed by atoms with Gasteiger partial charge in [-0.15, -0.1) is 0 Å². The van der Waals surface area contributed by atoms with Crippen LogP contribution in [0.2, 0.25) is 0 Å². The Morgan fingerprint density at radius 2 is 2.33 bits per heavy atom. The third-order valence-corrected chi connectivity index (χ3v) is 3.88. The van der Waals surface area contributed by atoms with E-state index in [0.717, 1.165) is 37.1 Å². The molecule has 1 aromatic heterocycles. The lowest BCUT2D eigenvalue weighted by Gasteiger charge is -2.36. The Balaban J connectivity index is 2.08. The molecule has 18 heavy (non-hydrogen) atoms. The van der Waals surface area contributed by atoms with Crippen LogP contribution in [0.4, 0.5) is 0 Å². The predicted octanol–water partition coefficient (Wildman–Crippen LogP) is 1.85. The largest absolute Gasteiger partial charge is 0.389 e. The Morgan fingerprint density at radius 1 is 1.56 bits per heavy atom. The summed E-state index contributed by atoms with van der Waals surface area (Å²) in [7, 11) is 1.95. The number of ether oxygens (including phenoxy) is 1. The standard InChI is InChI=1S/C14H24N2O2/c1-4-11-8-12(16(3)15-11)9-14(17)6-7-18-13(5-2)10-14/h8,13,17H,4-7,9-10H2,1-3H3. The fraction of sp³-hybridized carbons (Fsp3) is 0.786. The second-order valence-electron chi connectivity index (χ2n) is 5.36. The van der Waals surface area contributed by atoms with Crippen LogP contribution < -0.4 is 0 Å². The quantitative estimate of drug-likeness (QED) is 0.889. The lowest BCUT2D eigenvalue weighted by atomic mass is 9.85. The molecule has 0 bridgehead atoms. The molecule has 1 fully saturated rings. The Hall–Kier alpha value is -0.870. The molecule has 2 rings (SSSR count). The first kappa shape index (κ1) is 13.6. The summed E-state index contributed by atoms with van der Waals surface area (Å²) < 4.78 is 7.53. The number of aromatic nitrogens is 2. The number of aliphatic hydroxyl groups is 1. The van der Waals surface area contributed by atoms with Gasteiger partial charge in [-0.25, -0.2) is 0 Å². The van der Waals surface area contributed by atoms with Crippen LogP contribution in [-0.2, 0) is 24.6 Å². The zero-order chi connectivity index (χ0) is 13.2. The fourth-order valence-corrected chi connectivity index (χ4v) is 2.67. The molecule has 0 aliphatic carbocycles. The highest BCUT2D eigenvalue weighted by Gasteiger charge is 2.35.